The highest BCUT2D eigenvalue weighted by atomic mass is 35.5. The van der Waals surface area contributed by atoms with Gasteiger partial charge in [0.15, 0.2) is 0 Å². The van der Waals surface area contributed by atoms with Gasteiger partial charge in [-0.2, -0.15) is 5.10 Å². The van der Waals surface area contributed by atoms with Crippen molar-refractivity contribution < 1.29 is 4.39 Å². The second-order valence-corrected chi connectivity index (χ2v) is 4.96. The van der Waals surface area contributed by atoms with Crippen molar-refractivity contribution in [3.8, 4) is 0 Å². The summed E-state index contributed by atoms with van der Waals surface area (Å²) in [6, 6.07) is 4.80. The number of aromatic amines is 1. The smallest absolute Gasteiger partial charge is 0.141 e. The number of aromatic nitrogens is 2. The van der Waals surface area contributed by atoms with Crippen molar-refractivity contribution in [3.05, 3.63) is 52.1 Å². The molecule has 0 bridgehead atoms. The van der Waals surface area contributed by atoms with Crippen molar-refractivity contribution >= 4 is 11.6 Å². The monoisotopic (exact) mass is 281 g/mol. The van der Waals surface area contributed by atoms with Crippen molar-refractivity contribution in [2.75, 3.05) is 6.54 Å². The summed E-state index contributed by atoms with van der Waals surface area (Å²) in [5.41, 5.74) is 3.38. The van der Waals surface area contributed by atoms with E-state index in [0.717, 1.165) is 30.6 Å². The van der Waals surface area contributed by atoms with Crippen LogP contribution in [0.3, 0.4) is 0 Å². The second kappa shape index (κ2) is 6.68. The van der Waals surface area contributed by atoms with Crippen molar-refractivity contribution in [3.63, 3.8) is 0 Å². The highest BCUT2D eigenvalue weighted by molar-refractivity contribution is 6.30. The van der Waals surface area contributed by atoms with E-state index in [1.54, 1.807) is 12.1 Å². The highest BCUT2D eigenvalue weighted by Gasteiger charge is 2.01. The molecule has 0 amide bonds. The first-order valence-electron chi connectivity index (χ1n) is 6.30. The molecule has 1 heterocycles. The van der Waals surface area contributed by atoms with Gasteiger partial charge in [0.1, 0.15) is 5.82 Å². The third-order valence-electron chi connectivity index (χ3n) is 3.05. The third-order valence-corrected chi connectivity index (χ3v) is 3.34. The number of hydrogen-bond donors (Lipinski definition) is 2. The van der Waals surface area contributed by atoms with Gasteiger partial charge in [0.25, 0.3) is 0 Å². The van der Waals surface area contributed by atoms with E-state index in [1.807, 2.05) is 13.1 Å². The predicted octanol–water partition coefficient (Wildman–Crippen LogP) is 3.23. The van der Waals surface area contributed by atoms with E-state index in [9.17, 15) is 4.39 Å². The molecule has 0 spiro atoms. The lowest BCUT2D eigenvalue weighted by Gasteiger charge is -2.05. The number of rotatable bonds is 6. The molecule has 2 N–H and O–H groups in total. The number of nitrogens with zero attached hydrogens (tertiary/aromatic N) is 1. The van der Waals surface area contributed by atoms with Crippen molar-refractivity contribution in [2.24, 2.45) is 0 Å². The van der Waals surface area contributed by atoms with Crippen LogP contribution in [0.2, 0.25) is 5.02 Å². The van der Waals surface area contributed by atoms with Crippen LogP contribution in [0.1, 0.15) is 23.2 Å². The Balaban J connectivity index is 1.69. The summed E-state index contributed by atoms with van der Waals surface area (Å²) in [4.78, 5) is 0. The third kappa shape index (κ3) is 4.04. The lowest BCUT2D eigenvalue weighted by molar-refractivity contribution is 0.623. The maximum atomic E-state index is 13.0. The Bertz CT molecular complexity index is 539. The van der Waals surface area contributed by atoms with E-state index in [-0.39, 0.29) is 10.8 Å². The average Bonchev–Trinajstić information content (AvgIpc) is 2.79. The second-order valence-electron chi connectivity index (χ2n) is 4.55. The van der Waals surface area contributed by atoms with Gasteiger partial charge in [-0.25, -0.2) is 4.39 Å². The summed E-state index contributed by atoms with van der Waals surface area (Å²) in [5, 5.41) is 10.4. The van der Waals surface area contributed by atoms with Gasteiger partial charge >= 0.3 is 0 Å². The van der Waals surface area contributed by atoms with Crippen LogP contribution in [0.4, 0.5) is 4.39 Å². The molecule has 0 unspecified atom stereocenters. The van der Waals surface area contributed by atoms with Crippen LogP contribution < -0.4 is 5.32 Å². The molecule has 0 radical (unpaired) electrons. The lowest BCUT2D eigenvalue weighted by Crippen LogP contribution is -2.15. The summed E-state index contributed by atoms with van der Waals surface area (Å²) < 4.78 is 13.0. The minimum absolute atomic E-state index is 0.174. The standard InChI is InChI=1S/C14H17ClFN3/c1-10-12(9-18-19-10)3-2-6-17-8-11-4-5-14(16)13(15)7-11/h4-5,7,9,17H,2-3,6,8H2,1H3,(H,18,19). The highest BCUT2D eigenvalue weighted by Crippen LogP contribution is 2.15. The topological polar surface area (TPSA) is 40.7 Å². The Morgan fingerprint density at radius 2 is 2.26 bits per heavy atom. The molecule has 19 heavy (non-hydrogen) atoms. The zero-order chi connectivity index (χ0) is 13.7. The lowest BCUT2D eigenvalue weighted by atomic mass is 10.1. The summed E-state index contributed by atoms with van der Waals surface area (Å²) in [5.74, 6) is -0.374. The first kappa shape index (κ1) is 14.0. The van der Waals surface area contributed by atoms with E-state index in [4.69, 9.17) is 11.6 Å². The first-order chi connectivity index (χ1) is 9.16. The molecule has 1 aromatic heterocycles. The summed E-state index contributed by atoms with van der Waals surface area (Å²) in [6.07, 6.45) is 3.91. The van der Waals surface area contributed by atoms with Gasteiger partial charge in [0.2, 0.25) is 0 Å². The molecule has 0 aliphatic heterocycles. The van der Waals surface area contributed by atoms with Crippen LogP contribution in [0, 0.1) is 12.7 Å². The maximum absolute atomic E-state index is 13.0. The molecule has 3 nitrogen and oxygen atoms in total. The van der Waals surface area contributed by atoms with Crippen molar-refractivity contribution in [1.29, 1.82) is 0 Å². The van der Waals surface area contributed by atoms with Gasteiger partial charge < -0.3 is 5.32 Å². The van der Waals surface area contributed by atoms with E-state index >= 15 is 0 Å². The molecular formula is C14H17ClFN3. The quantitative estimate of drug-likeness (QED) is 0.798. The van der Waals surface area contributed by atoms with Crippen LogP contribution >= 0.6 is 11.6 Å². The van der Waals surface area contributed by atoms with Gasteiger partial charge in [0.05, 0.1) is 11.2 Å². The minimum atomic E-state index is -0.374. The summed E-state index contributed by atoms with van der Waals surface area (Å²) >= 11 is 5.73. The fraction of sp³-hybridized carbons (Fsp3) is 0.357. The molecule has 2 aromatic rings. The largest absolute Gasteiger partial charge is 0.313 e. The molecule has 5 heteroatoms. The number of nitrogens with one attached hydrogen (secondary N) is 2. The Kier molecular flexibility index (Phi) is 4.93. The molecular weight excluding hydrogens is 265 g/mol. The summed E-state index contributed by atoms with van der Waals surface area (Å²) in [7, 11) is 0. The number of aryl methyl sites for hydroxylation is 2. The number of hydrogen-bond acceptors (Lipinski definition) is 2. The SMILES string of the molecule is Cc1[nH]ncc1CCCNCc1ccc(F)c(Cl)c1. The van der Waals surface area contributed by atoms with Gasteiger partial charge in [-0.05, 0) is 49.6 Å². The van der Waals surface area contributed by atoms with E-state index < -0.39 is 0 Å². The molecule has 0 saturated carbocycles. The number of halogens is 2. The normalized spacial score (nSPS) is 10.9. The zero-order valence-corrected chi connectivity index (χ0v) is 11.6. The molecule has 0 fully saturated rings. The van der Waals surface area contributed by atoms with Gasteiger partial charge in [0, 0.05) is 12.2 Å². The molecule has 2 rings (SSSR count). The van der Waals surface area contributed by atoms with E-state index in [1.165, 1.54) is 11.6 Å². The molecule has 0 saturated heterocycles. The molecule has 0 atom stereocenters. The Labute approximate surface area is 117 Å². The van der Waals surface area contributed by atoms with Crippen molar-refractivity contribution in [2.45, 2.75) is 26.3 Å². The van der Waals surface area contributed by atoms with Gasteiger partial charge in [-0.1, -0.05) is 17.7 Å². The van der Waals surface area contributed by atoms with Crippen molar-refractivity contribution in [1.82, 2.24) is 15.5 Å². The predicted molar refractivity (Wildman–Crippen MR) is 74.8 cm³/mol. The van der Waals surface area contributed by atoms with Crippen LogP contribution in [0.15, 0.2) is 24.4 Å². The summed E-state index contributed by atoms with van der Waals surface area (Å²) in [6.45, 7) is 3.63. The van der Waals surface area contributed by atoms with Crippen LogP contribution in [0.25, 0.3) is 0 Å². The Morgan fingerprint density at radius 1 is 1.42 bits per heavy atom. The maximum Gasteiger partial charge on any atom is 0.141 e. The van der Waals surface area contributed by atoms with Crippen LogP contribution in [-0.2, 0) is 13.0 Å². The molecule has 102 valence electrons. The molecule has 0 aliphatic rings. The van der Waals surface area contributed by atoms with Gasteiger partial charge in [-0.3, -0.25) is 5.10 Å². The molecule has 1 aromatic carbocycles. The first-order valence-corrected chi connectivity index (χ1v) is 6.68. The fourth-order valence-corrected chi connectivity index (χ4v) is 2.12. The van der Waals surface area contributed by atoms with E-state index in [0.29, 0.717) is 6.54 Å². The minimum Gasteiger partial charge on any atom is -0.313 e. The fourth-order valence-electron chi connectivity index (χ4n) is 1.91. The average molecular weight is 282 g/mol. The number of H-pyrrole nitrogens is 1. The Morgan fingerprint density at radius 3 is 2.95 bits per heavy atom. The zero-order valence-electron chi connectivity index (χ0n) is 10.8. The Hall–Kier alpha value is -1.39. The number of benzene rings is 1. The van der Waals surface area contributed by atoms with Crippen LogP contribution in [0.5, 0.6) is 0 Å². The molecule has 0 aliphatic carbocycles. The van der Waals surface area contributed by atoms with E-state index in [2.05, 4.69) is 15.5 Å². The van der Waals surface area contributed by atoms with Crippen LogP contribution in [-0.4, -0.2) is 16.7 Å². The van der Waals surface area contributed by atoms with Gasteiger partial charge in [-0.15, -0.1) is 0 Å².